The van der Waals surface area contributed by atoms with Gasteiger partial charge in [-0.15, -0.1) is 0 Å². The first-order valence-corrected chi connectivity index (χ1v) is 6.15. The molecule has 0 saturated heterocycles. The van der Waals surface area contributed by atoms with Crippen LogP contribution in [0.2, 0.25) is 0 Å². The highest BCUT2D eigenvalue weighted by Crippen LogP contribution is 2.16. The normalized spacial score (nSPS) is 9.95. The summed E-state index contributed by atoms with van der Waals surface area (Å²) in [4.78, 5) is 10.9. The van der Waals surface area contributed by atoms with Crippen LogP contribution < -0.4 is 10.5 Å². The van der Waals surface area contributed by atoms with Crippen LogP contribution in [0.5, 0.6) is 5.75 Å². The van der Waals surface area contributed by atoms with Crippen molar-refractivity contribution in [2.45, 2.75) is 13.0 Å². The monoisotopic (exact) mass is 270 g/mol. The molecule has 1 heterocycles. The van der Waals surface area contributed by atoms with E-state index in [9.17, 15) is 4.79 Å². The molecule has 0 aliphatic heterocycles. The van der Waals surface area contributed by atoms with Gasteiger partial charge in [-0.1, -0.05) is 12.1 Å². The van der Waals surface area contributed by atoms with Gasteiger partial charge in [0.1, 0.15) is 11.8 Å². The molecule has 0 radical (unpaired) electrons. The molecule has 0 aliphatic rings. The van der Waals surface area contributed by atoms with Gasteiger partial charge < -0.3 is 10.5 Å². The van der Waals surface area contributed by atoms with Crippen LogP contribution in [0.1, 0.15) is 22.3 Å². The molecule has 0 saturated carbocycles. The van der Waals surface area contributed by atoms with Crippen molar-refractivity contribution in [1.82, 2.24) is 9.78 Å². The van der Waals surface area contributed by atoms with Gasteiger partial charge in [-0.25, -0.2) is 0 Å². The lowest BCUT2D eigenvalue weighted by molar-refractivity contribution is 0.1000. The summed E-state index contributed by atoms with van der Waals surface area (Å²) >= 11 is 0. The third-order valence-electron chi connectivity index (χ3n) is 2.71. The Labute approximate surface area is 116 Å². The largest absolute Gasteiger partial charge is 0.492 e. The molecule has 102 valence electrons. The van der Waals surface area contributed by atoms with E-state index >= 15 is 0 Å². The highest BCUT2D eigenvalue weighted by molar-refractivity contribution is 5.92. The molecule has 0 aliphatic carbocycles. The summed E-state index contributed by atoms with van der Waals surface area (Å²) in [5.41, 5.74) is 6.05. The maximum Gasteiger partial charge on any atom is 0.251 e. The predicted molar refractivity (Wildman–Crippen MR) is 72.0 cm³/mol. The molecule has 0 spiro atoms. The van der Waals surface area contributed by atoms with Crippen molar-refractivity contribution in [1.29, 1.82) is 5.26 Å². The van der Waals surface area contributed by atoms with E-state index in [1.54, 1.807) is 29.1 Å². The van der Waals surface area contributed by atoms with Crippen LogP contribution in [-0.4, -0.2) is 22.3 Å². The quantitative estimate of drug-likeness (QED) is 0.801. The van der Waals surface area contributed by atoms with Gasteiger partial charge in [0.15, 0.2) is 0 Å². The summed E-state index contributed by atoms with van der Waals surface area (Å²) in [6.07, 6.45) is 3.75. The summed E-state index contributed by atoms with van der Waals surface area (Å²) in [7, 11) is 0. The van der Waals surface area contributed by atoms with E-state index in [1.165, 1.54) is 6.20 Å². The zero-order valence-corrected chi connectivity index (χ0v) is 10.8. The van der Waals surface area contributed by atoms with Crippen molar-refractivity contribution in [2.24, 2.45) is 5.73 Å². The Bertz CT molecular complexity index is 643. The zero-order valence-electron chi connectivity index (χ0n) is 10.8. The third-order valence-corrected chi connectivity index (χ3v) is 2.71. The number of hydrogen-bond acceptors (Lipinski definition) is 4. The fourth-order valence-electron chi connectivity index (χ4n) is 1.71. The molecular formula is C14H14N4O2. The summed E-state index contributed by atoms with van der Waals surface area (Å²) in [6.45, 7) is 1.08. The first-order valence-electron chi connectivity index (χ1n) is 6.15. The topological polar surface area (TPSA) is 93.9 Å². The number of benzene rings is 1. The van der Waals surface area contributed by atoms with Gasteiger partial charge in [0, 0.05) is 19.2 Å². The van der Waals surface area contributed by atoms with Crippen LogP contribution in [0.25, 0.3) is 0 Å². The number of carbonyl (C=O) groups is 1. The zero-order chi connectivity index (χ0) is 14.4. The number of rotatable bonds is 6. The second-order valence-electron chi connectivity index (χ2n) is 4.17. The average Bonchev–Trinajstić information content (AvgIpc) is 2.93. The number of carbonyl (C=O) groups excluding carboxylic acids is 1. The highest BCUT2D eigenvalue weighted by Gasteiger charge is 2.04. The number of nitriles is 1. The van der Waals surface area contributed by atoms with Crippen LogP contribution in [0.3, 0.4) is 0 Å². The summed E-state index contributed by atoms with van der Waals surface area (Å²) in [5, 5.41) is 12.9. The van der Waals surface area contributed by atoms with E-state index in [4.69, 9.17) is 15.7 Å². The molecule has 2 aromatic rings. The van der Waals surface area contributed by atoms with Crippen molar-refractivity contribution in [3.05, 3.63) is 47.8 Å². The fraction of sp³-hybridized carbons (Fsp3) is 0.214. The van der Waals surface area contributed by atoms with Crippen molar-refractivity contribution >= 4 is 5.91 Å². The minimum Gasteiger partial charge on any atom is -0.492 e. The van der Waals surface area contributed by atoms with Crippen molar-refractivity contribution in [2.75, 3.05) is 6.61 Å². The molecular weight excluding hydrogens is 256 g/mol. The van der Waals surface area contributed by atoms with Gasteiger partial charge in [-0.2, -0.15) is 10.4 Å². The van der Waals surface area contributed by atoms with Gasteiger partial charge in [0.2, 0.25) is 0 Å². The molecule has 2 rings (SSSR count). The van der Waals surface area contributed by atoms with Crippen molar-refractivity contribution < 1.29 is 9.53 Å². The molecule has 1 amide bonds. The lowest BCUT2D eigenvalue weighted by atomic mass is 10.2. The molecule has 2 N–H and O–H groups in total. The highest BCUT2D eigenvalue weighted by atomic mass is 16.5. The Kier molecular flexibility index (Phi) is 4.35. The minimum absolute atomic E-state index is 0.390. The number of primary amides is 1. The van der Waals surface area contributed by atoms with E-state index in [1.807, 2.05) is 6.07 Å². The Morgan fingerprint density at radius 3 is 2.95 bits per heavy atom. The molecule has 20 heavy (non-hydrogen) atoms. The number of hydrogen-bond donors (Lipinski definition) is 1. The fourth-order valence-corrected chi connectivity index (χ4v) is 1.71. The molecule has 0 atom stereocenters. The smallest absolute Gasteiger partial charge is 0.251 e. The SMILES string of the molecule is N#Cc1ccccc1OCCCn1cc(C(N)=O)cn1. The third kappa shape index (κ3) is 3.36. The maximum absolute atomic E-state index is 10.9. The maximum atomic E-state index is 10.9. The van der Waals surface area contributed by atoms with Gasteiger partial charge in [0.05, 0.1) is 23.9 Å². The van der Waals surface area contributed by atoms with Gasteiger partial charge in [-0.05, 0) is 12.1 Å². The number of nitrogens with zero attached hydrogens (tertiary/aromatic N) is 3. The van der Waals surface area contributed by atoms with Gasteiger partial charge >= 0.3 is 0 Å². The minimum atomic E-state index is -0.490. The number of nitrogens with two attached hydrogens (primary N) is 1. The molecule has 1 aromatic carbocycles. The summed E-state index contributed by atoms with van der Waals surface area (Å²) in [5.74, 6) is 0.0868. The van der Waals surface area contributed by atoms with Crippen LogP contribution in [0.15, 0.2) is 36.7 Å². The molecule has 1 aromatic heterocycles. The average molecular weight is 270 g/mol. The number of amides is 1. The number of aryl methyl sites for hydroxylation is 1. The van der Waals surface area contributed by atoms with E-state index < -0.39 is 5.91 Å². The van der Waals surface area contributed by atoms with Gasteiger partial charge in [0.25, 0.3) is 5.91 Å². The molecule has 0 fully saturated rings. The lowest BCUT2D eigenvalue weighted by Gasteiger charge is -2.07. The number of ether oxygens (including phenoxy) is 1. The van der Waals surface area contributed by atoms with E-state index in [0.29, 0.717) is 36.4 Å². The van der Waals surface area contributed by atoms with E-state index in [0.717, 1.165) is 0 Å². The number of aromatic nitrogens is 2. The molecule has 0 unspecified atom stereocenters. The molecule has 6 heteroatoms. The predicted octanol–water partition coefficient (Wildman–Crippen LogP) is 1.32. The van der Waals surface area contributed by atoms with Crippen LogP contribution >= 0.6 is 0 Å². The molecule has 6 nitrogen and oxygen atoms in total. The van der Waals surface area contributed by atoms with E-state index in [2.05, 4.69) is 11.2 Å². The first-order chi connectivity index (χ1) is 9.70. The Balaban J connectivity index is 1.81. The van der Waals surface area contributed by atoms with Crippen LogP contribution in [0.4, 0.5) is 0 Å². The molecule has 0 bridgehead atoms. The van der Waals surface area contributed by atoms with Crippen LogP contribution in [-0.2, 0) is 6.54 Å². The summed E-state index contributed by atoms with van der Waals surface area (Å²) in [6, 6.07) is 9.16. The van der Waals surface area contributed by atoms with Crippen LogP contribution in [0, 0.1) is 11.3 Å². The second-order valence-corrected chi connectivity index (χ2v) is 4.17. The van der Waals surface area contributed by atoms with Crippen molar-refractivity contribution in [3.8, 4) is 11.8 Å². The Hall–Kier alpha value is -2.81. The Morgan fingerprint density at radius 2 is 2.25 bits per heavy atom. The van der Waals surface area contributed by atoms with E-state index in [-0.39, 0.29) is 0 Å². The lowest BCUT2D eigenvalue weighted by Crippen LogP contribution is -2.10. The number of para-hydroxylation sites is 1. The van der Waals surface area contributed by atoms with Gasteiger partial charge in [-0.3, -0.25) is 9.48 Å². The van der Waals surface area contributed by atoms with Crippen molar-refractivity contribution in [3.63, 3.8) is 0 Å². The standard InChI is InChI=1S/C14H14N4O2/c15-8-11-4-1-2-5-13(11)20-7-3-6-18-10-12(9-17-18)14(16)19/h1-2,4-5,9-10H,3,6-7H2,(H2,16,19). The first kappa shape index (κ1) is 13.6. The Morgan fingerprint density at radius 1 is 1.45 bits per heavy atom. The summed E-state index contributed by atoms with van der Waals surface area (Å²) < 4.78 is 7.19. The second kappa shape index (κ2) is 6.38.